The maximum absolute atomic E-state index is 13.1. The molecule has 0 fully saturated rings. The first kappa shape index (κ1) is 20.0. The molecule has 0 bridgehead atoms. The zero-order valence-electron chi connectivity index (χ0n) is 15.5. The van der Waals surface area contributed by atoms with Crippen molar-refractivity contribution < 1.29 is 9.59 Å². The third-order valence-electron chi connectivity index (χ3n) is 4.29. The van der Waals surface area contributed by atoms with Gasteiger partial charge in [0.15, 0.2) is 0 Å². The highest BCUT2D eigenvalue weighted by molar-refractivity contribution is 6.30. The average molecular weight is 373 g/mol. The number of amides is 2. The number of nitrogens with zero attached hydrogens (tertiary/aromatic N) is 1. The van der Waals surface area contributed by atoms with Crippen molar-refractivity contribution >= 4 is 23.4 Å². The van der Waals surface area contributed by atoms with Crippen LogP contribution < -0.4 is 5.43 Å². The Kier molecular flexibility index (Phi) is 6.81. The Morgan fingerprint density at radius 1 is 1.00 bits per heavy atom. The molecule has 0 aliphatic carbocycles. The van der Waals surface area contributed by atoms with Crippen molar-refractivity contribution in [3.8, 4) is 0 Å². The van der Waals surface area contributed by atoms with E-state index in [1.165, 1.54) is 5.01 Å². The van der Waals surface area contributed by atoms with Crippen LogP contribution in [0.5, 0.6) is 0 Å². The van der Waals surface area contributed by atoms with Gasteiger partial charge >= 0.3 is 0 Å². The number of unbranched alkanes of at least 4 members (excludes halogenated alkanes) is 1. The van der Waals surface area contributed by atoms with Gasteiger partial charge in [-0.05, 0) is 56.7 Å². The quantitative estimate of drug-likeness (QED) is 0.717. The van der Waals surface area contributed by atoms with Crippen molar-refractivity contribution in [1.29, 1.82) is 0 Å². The first-order chi connectivity index (χ1) is 12.3. The molecule has 0 aliphatic rings. The standard InChI is InChI=1S/C21H25ClN2O2/c1-4-5-15-21(2,3)24(20(26)17-9-7-6-8-10-17)23-19(25)16-11-13-18(22)14-12-16/h6-14H,4-5,15H2,1-3H3,(H,23,25). The molecule has 4 nitrogen and oxygen atoms in total. The molecular weight excluding hydrogens is 348 g/mol. The monoisotopic (exact) mass is 372 g/mol. The lowest BCUT2D eigenvalue weighted by Crippen LogP contribution is -2.57. The van der Waals surface area contributed by atoms with E-state index in [-0.39, 0.29) is 11.8 Å². The van der Waals surface area contributed by atoms with E-state index in [4.69, 9.17) is 11.6 Å². The van der Waals surface area contributed by atoms with E-state index < -0.39 is 5.54 Å². The Morgan fingerprint density at radius 2 is 1.62 bits per heavy atom. The fourth-order valence-electron chi connectivity index (χ4n) is 2.68. The van der Waals surface area contributed by atoms with Crippen LogP contribution in [-0.2, 0) is 0 Å². The number of nitrogens with one attached hydrogen (secondary N) is 1. The molecule has 2 rings (SSSR count). The number of carbonyl (C=O) groups excluding carboxylic acids is 2. The number of halogens is 1. The van der Waals surface area contributed by atoms with E-state index in [0.29, 0.717) is 16.1 Å². The van der Waals surface area contributed by atoms with E-state index >= 15 is 0 Å². The predicted octanol–water partition coefficient (Wildman–Crippen LogP) is 5.10. The van der Waals surface area contributed by atoms with E-state index in [1.807, 2.05) is 32.0 Å². The maximum atomic E-state index is 13.1. The van der Waals surface area contributed by atoms with Gasteiger partial charge in [0.25, 0.3) is 11.8 Å². The molecule has 0 aliphatic heterocycles. The zero-order valence-corrected chi connectivity index (χ0v) is 16.2. The molecule has 1 N–H and O–H groups in total. The molecule has 0 heterocycles. The van der Waals surface area contributed by atoms with Crippen LogP contribution >= 0.6 is 11.6 Å². The lowest BCUT2D eigenvalue weighted by molar-refractivity contribution is 0.0290. The summed E-state index contributed by atoms with van der Waals surface area (Å²) in [5, 5.41) is 2.01. The summed E-state index contributed by atoms with van der Waals surface area (Å²) >= 11 is 5.89. The van der Waals surface area contributed by atoms with Gasteiger partial charge in [-0.15, -0.1) is 0 Å². The van der Waals surface area contributed by atoms with E-state index in [1.54, 1.807) is 36.4 Å². The van der Waals surface area contributed by atoms with Gasteiger partial charge in [-0.25, -0.2) is 5.01 Å². The number of hydrogen-bond donors (Lipinski definition) is 1. The van der Waals surface area contributed by atoms with Crippen LogP contribution in [0.4, 0.5) is 0 Å². The molecule has 0 unspecified atom stereocenters. The van der Waals surface area contributed by atoms with Crippen molar-refractivity contribution in [2.75, 3.05) is 0 Å². The van der Waals surface area contributed by atoms with Gasteiger partial charge in [0.05, 0.1) is 5.54 Å². The second-order valence-electron chi connectivity index (χ2n) is 6.87. The fourth-order valence-corrected chi connectivity index (χ4v) is 2.80. The third-order valence-corrected chi connectivity index (χ3v) is 4.54. The van der Waals surface area contributed by atoms with Crippen molar-refractivity contribution in [3.05, 3.63) is 70.7 Å². The predicted molar refractivity (Wildman–Crippen MR) is 105 cm³/mol. The van der Waals surface area contributed by atoms with Gasteiger partial charge in [0, 0.05) is 16.1 Å². The molecule has 2 amide bonds. The third kappa shape index (κ3) is 5.09. The van der Waals surface area contributed by atoms with Crippen molar-refractivity contribution in [3.63, 3.8) is 0 Å². The molecular formula is C21H25ClN2O2. The van der Waals surface area contributed by atoms with Crippen LogP contribution in [0.25, 0.3) is 0 Å². The topological polar surface area (TPSA) is 49.4 Å². The molecule has 2 aromatic carbocycles. The second kappa shape index (κ2) is 8.86. The largest absolute Gasteiger partial charge is 0.272 e. The molecule has 138 valence electrons. The molecule has 2 aromatic rings. The summed E-state index contributed by atoms with van der Waals surface area (Å²) < 4.78 is 0. The van der Waals surface area contributed by atoms with Crippen LogP contribution in [0.15, 0.2) is 54.6 Å². The minimum atomic E-state index is -0.523. The SMILES string of the molecule is CCCCC(C)(C)N(NC(=O)c1ccc(Cl)cc1)C(=O)c1ccccc1. The molecule has 0 saturated carbocycles. The number of hydrogen-bond acceptors (Lipinski definition) is 2. The Labute approximate surface area is 160 Å². The average Bonchev–Trinajstić information content (AvgIpc) is 2.65. The van der Waals surface area contributed by atoms with Gasteiger partial charge in [0.2, 0.25) is 0 Å². The Bertz CT molecular complexity index is 742. The summed E-state index contributed by atoms with van der Waals surface area (Å²) in [6.45, 7) is 6.03. The van der Waals surface area contributed by atoms with Gasteiger partial charge in [-0.2, -0.15) is 0 Å². The molecule has 26 heavy (non-hydrogen) atoms. The Hall–Kier alpha value is -2.33. The van der Waals surface area contributed by atoms with E-state index in [9.17, 15) is 9.59 Å². The minimum Gasteiger partial charge on any atom is -0.267 e. The first-order valence-electron chi connectivity index (χ1n) is 8.81. The lowest BCUT2D eigenvalue weighted by Gasteiger charge is -2.38. The van der Waals surface area contributed by atoms with Crippen LogP contribution in [0.2, 0.25) is 5.02 Å². The highest BCUT2D eigenvalue weighted by Gasteiger charge is 2.33. The van der Waals surface area contributed by atoms with Gasteiger partial charge in [0.1, 0.15) is 0 Å². The summed E-state index contributed by atoms with van der Waals surface area (Å²) in [4.78, 5) is 25.7. The van der Waals surface area contributed by atoms with Crippen molar-refractivity contribution in [2.24, 2.45) is 0 Å². The van der Waals surface area contributed by atoms with Crippen LogP contribution in [0.3, 0.4) is 0 Å². The van der Waals surface area contributed by atoms with Crippen LogP contribution in [-0.4, -0.2) is 22.4 Å². The van der Waals surface area contributed by atoms with Crippen LogP contribution in [0, 0.1) is 0 Å². The molecule has 0 spiro atoms. The smallest absolute Gasteiger partial charge is 0.267 e. The van der Waals surface area contributed by atoms with Crippen LogP contribution in [0.1, 0.15) is 60.7 Å². The number of benzene rings is 2. The van der Waals surface area contributed by atoms with Crippen molar-refractivity contribution in [1.82, 2.24) is 10.4 Å². The fraction of sp³-hybridized carbons (Fsp3) is 0.333. The highest BCUT2D eigenvalue weighted by Crippen LogP contribution is 2.23. The zero-order chi connectivity index (χ0) is 19.2. The molecule has 5 heteroatoms. The summed E-state index contributed by atoms with van der Waals surface area (Å²) in [5.74, 6) is -0.565. The normalized spacial score (nSPS) is 11.1. The lowest BCUT2D eigenvalue weighted by atomic mass is 9.95. The summed E-state index contributed by atoms with van der Waals surface area (Å²) in [7, 11) is 0. The Balaban J connectivity index is 2.29. The van der Waals surface area contributed by atoms with E-state index in [2.05, 4.69) is 12.3 Å². The minimum absolute atomic E-state index is 0.228. The number of carbonyl (C=O) groups is 2. The molecule has 0 aromatic heterocycles. The summed E-state index contributed by atoms with van der Waals surface area (Å²) in [6, 6.07) is 15.6. The van der Waals surface area contributed by atoms with E-state index in [0.717, 1.165) is 19.3 Å². The summed E-state index contributed by atoms with van der Waals surface area (Å²) in [6.07, 6.45) is 2.76. The molecule has 0 saturated heterocycles. The van der Waals surface area contributed by atoms with Gasteiger partial charge < -0.3 is 0 Å². The first-order valence-corrected chi connectivity index (χ1v) is 9.19. The molecule has 0 atom stereocenters. The second-order valence-corrected chi connectivity index (χ2v) is 7.31. The maximum Gasteiger partial charge on any atom is 0.272 e. The van der Waals surface area contributed by atoms with Crippen molar-refractivity contribution in [2.45, 2.75) is 45.6 Å². The number of rotatable bonds is 6. The van der Waals surface area contributed by atoms with Gasteiger partial charge in [-0.1, -0.05) is 49.6 Å². The Morgan fingerprint density at radius 3 is 2.19 bits per heavy atom. The summed E-state index contributed by atoms with van der Waals surface area (Å²) in [5.41, 5.74) is 3.27. The van der Waals surface area contributed by atoms with Gasteiger partial charge in [-0.3, -0.25) is 15.0 Å². The number of hydrazine groups is 1. The highest BCUT2D eigenvalue weighted by atomic mass is 35.5. The molecule has 0 radical (unpaired) electrons.